The number of rotatable bonds is 4. The molecule has 0 aliphatic carbocycles. The number of aryl methyl sites for hydroxylation is 1. The summed E-state index contributed by atoms with van der Waals surface area (Å²) in [4.78, 5) is 10.7. The van der Waals surface area contributed by atoms with Crippen molar-refractivity contribution in [3.05, 3.63) is 34.9 Å². The van der Waals surface area contributed by atoms with Crippen LogP contribution in [0.25, 0.3) is 0 Å². The van der Waals surface area contributed by atoms with Gasteiger partial charge in [-0.15, -0.1) is 0 Å². The van der Waals surface area contributed by atoms with Crippen LogP contribution in [0.2, 0.25) is 0 Å². The van der Waals surface area contributed by atoms with Gasteiger partial charge in [0, 0.05) is 12.1 Å². The Morgan fingerprint density at radius 2 is 2.13 bits per heavy atom. The maximum atomic E-state index is 10.7. The van der Waals surface area contributed by atoms with Crippen LogP contribution in [0, 0.1) is 6.92 Å². The summed E-state index contributed by atoms with van der Waals surface area (Å²) in [6, 6.07) is 5.06. The van der Waals surface area contributed by atoms with E-state index >= 15 is 0 Å². The van der Waals surface area contributed by atoms with Crippen LogP contribution >= 0.6 is 0 Å². The number of aliphatic hydroxyl groups is 2. The molecular formula is C11H15NO3. The number of benzene rings is 1. The largest absolute Gasteiger partial charge is 0.389 e. The summed E-state index contributed by atoms with van der Waals surface area (Å²) < 4.78 is 0. The zero-order valence-electron chi connectivity index (χ0n) is 8.55. The lowest BCUT2D eigenvalue weighted by Crippen LogP contribution is -2.27. The molecule has 2 atom stereocenters. The molecule has 4 nitrogen and oxygen atoms in total. The Morgan fingerprint density at radius 1 is 1.47 bits per heavy atom. The Balaban J connectivity index is 3.10. The summed E-state index contributed by atoms with van der Waals surface area (Å²) in [5.74, 6) is 0. The van der Waals surface area contributed by atoms with Gasteiger partial charge in [-0.25, -0.2) is 0 Å². The van der Waals surface area contributed by atoms with Crippen molar-refractivity contribution in [3.8, 4) is 0 Å². The summed E-state index contributed by atoms with van der Waals surface area (Å²) in [6.45, 7) is 1.80. The summed E-state index contributed by atoms with van der Waals surface area (Å²) in [6.07, 6.45) is -1.51. The van der Waals surface area contributed by atoms with Crippen LogP contribution in [0.5, 0.6) is 0 Å². The molecular weight excluding hydrogens is 194 g/mol. The average Bonchev–Trinajstić information content (AvgIpc) is 2.27. The molecule has 4 heteroatoms. The van der Waals surface area contributed by atoms with E-state index in [0.29, 0.717) is 17.4 Å². The first-order valence-electron chi connectivity index (χ1n) is 4.72. The first kappa shape index (κ1) is 11.8. The predicted molar refractivity (Wildman–Crippen MR) is 56.6 cm³/mol. The van der Waals surface area contributed by atoms with Crippen molar-refractivity contribution in [1.82, 2.24) is 0 Å². The van der Waals surface area contributed by atoms with Crippen molar-refractivity contribution in [2.75, 3.05) is 6.54 Å². The highest BCUT2D eigenvalue weighted by Crippen LogP contribution is 2.21. The van der Waals surface area contributed by atoms with Crippen LogP contribution < -0.4 is 5.73 Å². The Morgan fingerprint density at radius 3 is 2.67 bits per heavy atom. The molecule has 0 aliphatic heterocycles. The van der Waals surface area contributed by atoms with E-state index in [4.69, 9.17) is 5.73 Å². The standard InChI is InChI=1S/C11H15NO3/c1-7-2-3-8(6-13)9(4-7)11(15)10(14)5-12/h2-4,6,10-11,14-15H,5,12H2,1H3. The van der Waals surface area contributed by atoms with E-state index in [1.54, 1.807) is 18.2 Å². The fraction of sp³-hybridized carbons (Fsp3) is 0.364. The quantitative estimate of drug-likeness (QED) is 0.617. The van der Waals surface area contributed by atoms with Gasteiger partial charge < -0.3 is 15.9 Å². The van der Waals surface area contributed by atoms with Gasteiger partial charge in [0.15, 0.2) is 0 Å². The molecule has 0 aromatic heterocycles. The maximum Gasteiger partial charge on any atom is 0.150 e. The van der Waals surface area contributed by atoms with Crippen LogP contribution in [0.15, 0.2) is 18.2 Å². The Labute approximate surface area is 88.3 Å². The molecule has 1 rings (SSSR count). The van der Waals surface area contributed by atoms with E-state index in [1.165, 1.54) is 0 Å². The minimum atomic E-state index is -1.12. The first-order chi connectivity index (χ1) is 7.10. The van der Waals surface area contributed by atoms with Crippen LogP contribution in [0.4, 0.5) is 0 Å². The molecule has 0 heterocycles. The third kappa shape index (κ3) is 2.62. The molecule has 0 radical (unpaired) electrons. The molecule has 0 aliphatic rings. The summed E-state index contributed by atoms with van der Waals surface area (Å²) >= 11 is 0. The minimum Gasteiger partial charge on any atom is -0.389 e. The minimum absolute atomic E-state index is 0.0482. The second-order valence-corrected chi connectivity index (χ2v) is 3.50. The molecule has 0 bridgehead atoms. The Hall–Kier alpha value is -1.23. The molecule has 4 N–H and O–H groups in total. The normalized spacial score (nSPS) is 14.7. The smallest absolute Gasteiger partial charge is 0.150 e. The van der Waals surface area contributed by atoms with E-state index in [9.17, 15) is 15.0 Å². The van der Waals surface area contributed by atoms with Crippen LogP contribution in [0.1, 0.15) is 27.6 Å². The number of carbonyl (C=O) groups excluding carboxylic acids is 1. The molecule has 2 unspecified atom stereocenters. The van der Waals surface area contributed by atoms with Gasteiger partial charge in [0.1, 0.15) is 12.4 Å². The molecule has 0 saturated heterocycles. The monoisotopic (exact) mass is 209 g/mol. The van der Waals surface area contributed by atoms with Crippen molar-refractivity contribution >= 4 is 6.29 Å². The third-order valence-corrected chi connectivity index (χ3v) is 2.29. The lowest BCUT2D eigenvalue weighted by Gasteiger charge is -2.18. The van der Waals surface area contributed by atoms with E-state index in [1.807, 2.05) is 6.92 Å². The highest BCUT2D eigenvalue weighted by molar-refractivity contribution is 5.77. The summed E-state index contributed by atoms with van der Waals surface area (Å²) in [5, 5.41) is 19.1. The summed E-state index contributed by atoms with van der Waals surface area (Å²) in [5.41, 5.74) is 6.95. The summed E-state index contributed by atoms with van der Waals surface area (Å²) in [7, 11) is 0. The van der Waals surface area contributed by atoms with Crippen LogP contribution in [0.3, 0.4) is 0 Å². The van der Waals surface area contributed by atoms with Crippen LogP contribution in [-0.4, -0.2) is 29.1 Å². The molecule has 82 valence electrons. The van der Waals surface area contributed by atoms with Crippen molar-refractivity contribution in [3.63, 3.8) is 0 Å². The van der Waals surface area contributed by atoms with Gasteiger partial charge in [0.05, 0.1) is 6.10 Å². The molecule has 0 amide bonds. The van der Waals surface area contributed by atoms with Gasteiger partial charge in [-0.05, 0) is 12.5 Å². The van der Waals surface area contributed by atoms with Gasteiger partial charge in [0.2, 0.25) is 0 Å². The lowest BCUT2D eigenvalue weighted by atomic mass is 9.97. The van der Waals surface area contributed by atoms with Crippen molar-refractivity contribution in [2.24, 2.45) is 5.73 Å². The molecule has 1 aromatic rings. The molecule has 0 saturated carbocycles. The van der Waals surface area contributed by atoms with Gasteiger partial charge in [-0.3, -0.25) is 4.79 Å². The third-order valence-electron chi connectivity index (χ3n) is 2.29. The van der Waals surface area contributed by atoms with Crippen molar-refractivity contribution in [2.45, 2.75) is 19.1 Å². The molecule has 0 fully saturated rings. The number of nitrogens with two attached hydrogens (primary N) is 1. The van der Waals surface area contributed by atoms with Gasteiger partial charge in [-0.2, -0.15) is 0 Å². The number of aliphatic hydroxyl groups excluding tert-OH is 2. The maximum absolute atomic E-state index is 10.7. The molecule has 15 heavy (non-hydrogen) atoms. The number of hydrogen-bond donors (Lipinski definition) is 3. The van der Waals surface area contributed by atoms with E-state index in [0.717, 1.165) is 5.56 Å². The van der Waals surface area contributed by atoms with E-state index < -0.39 is 12.2 Å². The van der Waals surface area contributed by atoms with Crippen LogP contribution in [-0.2, 0) is 0 Å². The topological polar surface area (TPSA) is 83.5 Å². The SMILES string of the molecule is Cc1ccc(C=O)c(C(O)C(O)CN)c1. The fourth-order valence-corrected chi connectivity index (χ4v) is 1.39. The van der Waals surface area contributed by atoms with E-state index in [2.05, 4.69) is 0 Å². The number of hydrogen-bond acceptors (Lipinski definition) is 4. The zero-order valence-corrected chi connectivity index (χ0v) is 8.55. The lowest BCUT2D eigenvalue weighted by molar-refractivity contribution is 0.0239. The van der Waals surface area contributed by atoms with Gasteiger partial charge >= 0.3 is 0 Å². The van der Waals surface area contributed by atoms with E-state index in [-0.39, 0.29) is 6.54 Å². The highest BCUT2D eigenvalue weighted by atomic mass is 16.3. The zero-order chi connectivity index (χ0) is 11.4. The molecule has 1 aromatic carbocycles. The predicted octanol–water partition coefficient (Wildman–Crippen LogP) is 0.161. The second kappa shape index (κ2) is 5.02. The highest BCUT2D eigenvalue weighted by Gasteiger charge is 2.19. The number of carbonyl (C=O) groups is 1. The Bertz CT molecular complexity index is 352. The van der Waals surface area contributed by atoms with Gasteiger partial charge in [0.25, 0.3) is 0 Å². The fourth-order valence-electron chi connectivity index (χ4n) is 1.39. The van der Waals surface area contributed by atoms with Gasteiger partial charge in [-0.1, -0.05) is 23.8 Å². The second-order valence-electron chi connectivity index (χ2n) is 3.50. The van der Waals surface area contributed by atoms with Crippen molar-refractivity contribution < 1.29 is 15.0 Å². The Kier molecular flexibility index (Phi) is 3.96. The van der Waals surface area contributed by atoms with Crippen molar-refractivity contribution in [1.29, 1.82) is 0 Å². The first-order valence-corrected chi connectivity index (χ1v) is 4.72. The number of aldehydes is 1. The average molecular weight is 209 g/mol. The molecule has 0 spiro atoms.